The maximum atomic E-state index is 12.7. The van der Waals surface area contributed by atoms with Crippen molar-refractivity contribution < 1.29 is 13.9 Å². The lowest BCUT2D eigenvalue weighted by Crippen LogP contribution is -2.36. The number of benzene rings is 1. The van der Waals surface area contributed by atoms with Crippen LogP contribution in [-0.2, 0) is 17.8 Å². The number of ether oxygens (including phenoxy) is 1. The van der Waals surface area contributed by atoms with E-state index in [2.05, 4.69) is 16.8 Å². The van der Waals surface area contributed by atoms with Crippen LogP contribution in [0.15, 0.2) is 53.2 Å². The number of carbonyl (C=O) groups is 1. The number of carbonyl (C=O) groups excluding carboxylic acids is 1. The number of likely N-dealkylation sites (tertiary alicyclic amines) is 1. The van der Waals surface area contributed by atoms with Crippen molar-refractivity contribution in [3.63, 3.8) is 0 Å². The minimum absolute atomic E-state index is 0.167. The number of oxazole rings is 1. The van der Waals surface area contributed by atoms with Gasteiger partial charge in [-0.1, -0.05) is 13.0 Å². The number of aryl methyl sites for hydroxylation is 2. The summed E-state index contributed by atoms with van der Waals surface area (Å²) in [5, 5.41) is 0. The van der Waals surface area contributed by atoms with E-state index >= 15 is 0 Å². The van der Waals surface area contributed by atoms with Gasteiger partial charge in [0.05, 0.1) is 12.3 Å². The molecule has 6 nitrogen and oxygen atoms in total. The molecule has 0 spiro atoms. The first kappa shape index (κ1) is 23.2. The van der Waals surface area contributed by atoms with Gasteiger partial charge in [-0.05, 0) is 81.6 Å². The van der Waals surface area contributed by atoms with E-state index in [1.807, 2.05) is 49.5 Å². The van der Waals surface area contributed by atoms with E-state index in [4.69, 9.17) is 14.1 Å². The number of hydrogen-bond acceptors (Lipinski definition) is 6. The van der Waals surface area contributed by atoms with Gasteiger partial charge in [-0.25, -0.2) is 4.98 Å². The Labute approximate surface area is 196 Å². The van der Waals surface area contributed by atoms with Crippen molar-refractivity contribution in [1.82, 2.24) is 14.9 Å². The minimum atomic E-state index is 0.167. The van der Waals surface area contributed by atoms with E-state index in [0.717, 1.165) is 73.6 Å². The van der Waals surface area contributed by atoms with Gasteiger partial charge in [0, 0.05) is 36.8 Å². The van der Waals surface area contributed by atoms with Gasteiger partial charge < -0.3 is 9.15 Å². The maximum Gasteiger partial charge on any atom is 0.226 e. The Morgan fingerprint density at radius 2 is 1.97 bits per heavy atom. The molecular weight excluding hydrogens is 414 g/mol. The number of ketones is 1. The zero-order chi connectivity index (χ0) is 23.0. The molecule has 0 amide bonds. The second kappa shape index (κ2) is 11.2. The zero-order valence-corrected chi connectivity index (χ0v) is 19.6. The number of Topliss-reactive ketones (excluding diaryl/α,β-unsaturated/α-hetero) is 1. The Kier molecular flexibility index (Phi) is 7.89. The van der Waals surface area contributed by atoms with Crippen LogP contribution in [0, 0.1) is 12.8 Å². The van der Waals surface area contributed by atoms with E-state index in [9.17, 15) is 4.79 Å². The molecule has 1 fully saturated rings. The molecule has 1 aliphatic heterocycles. The fraction of sp³-hybridized carbons (Fsp3) is 0.444. The topological polar surface area (TPSA) is 68.5 Å². The molecule has 0 N–H and O–H groups in total. The molecule has 2 aromatic heterocycles. The van der Waals surface area contributed by atoms with Crippen molar-refractivity contribution >= 4 is 5.78 Å². The van der Waals surface area contributed by atoms with E-state index in [0.29, 0.717) is 24.7 Å². The van der Waals surface area contributed by atoms with Gasteiger partial charge in [0.25, 0.3) is 0 Å². The minimum Gasteiger partial charge on any atom is -0.494 e. The van der Waals surface area contributed by atoms with Crippen molar-refractivity contribution in [1.29, 1.82) is 0 Å². The van der Waals surface area contributed by atoms with Crippen molar-refractivity contribution in [2.75, 3.05) is 19.7 Å². The highest BCUT2D eigenvalue weighted by Crippen LogP contribution is 2.26. The normalized spacial score (nSPS) is 15.0. The highest BCUT2D eigenvalue weighted by atomic mass is 16.5. The summed E-state index contributed by atoms with van der Waals surface area (Å²) >= 11 is 0. The maximum absolute atomic E-state index is 12.7. The lowest BCUT2D eigenvalue weighted by atomic mass is 9.89. The summed E-state index contributed by atoms with van der Waals surface area (Å²) in [6.45, 7) is 7.36. The summed E-state index contributed by atoms with van der Waals surface area (Å²) in [7, 11) is 0. The van der Waals surface area contributed by atoms with E-state index in [1.165, 1.54) is 0 Å². The third-order valence-electron chi connectivity index (χ3n) is 6.27. The molecule has 3 aromatic rings. The molecule has 4 rings (SSSR count). The first-order chi connectivity index (χ1) is 16.1. The van der Waals surface area contributed by atoms with Crippen LogP contribution in [0.2, 0.25) is 0 Å². The third-order valence-corrected chi connectivity index (χ3v) is 6.27. The molecule has 1 aliphatic rings. The van der Waals surface area contributed by atoms with Crippen LogP contribution in [0.3, 0.4) is 0 Å². The van der Waals surface area contributed by atoms with Crippen LogP contribution in [0.1, 0.15) is 49.6 Å². The molecule has 6 heteroatoms. The SMILES string of the molecule is CCCOc1ccc(-c2nc(CN3CCC(C(=O)CCc4cccnc4)CC3)c(C)o2)cc1. The first-order valence-electron chi connectivity index (χ1n) is 12.0. The first-order valence-corrected chi connectivity index (χ1v) is 12.0. The smallest absolute Gasteiger partial charge is 0.226 e. The molecule has 3 heterocycles. The van der Waals surface area contributed by atoms with E-state index < -0.39 is 0 Å². The molecule has 0 bridgehead atoms. The van der Waals surface area contributed by atoms with Gasteiger partial charge in [0.1, 0.15) is 17.3 Å². The number of aromatic nitrogens is 2. The van der Waals surface area contributed by atoms with Crippen molar-refractivity contribution in [3.05, 3.63) is 65.8 Å². The summed E-state index contributed by atoms with van der Waals surface area (Å²) < 4.78 is 11.6. The van der Waals surface area contributed by atoms with Crippen molar-refractivity contribution in [3.8, 4) is 17.2 Å². The zero-order valence-electron chi connectivity index (χ0n) is 19.6. The van der Waals surface area contributed by atoms with Crippen LogP contribution < -0.4 is 4.74 Å². The molecule has 33 heavy (non-hydrogen) atoms. The number of nitrogens with zero attached hydrogens (tertiary/aromatic N) is 3. The van der Waals surface area contributed by atoms with Gasteiger partial charge >= 0.3 is 0 Å². The predicted octanol–water partition coefficient (Wildman–Crippen LogP) is 5.25. The fourth-order valence-corrected chi connectivity index (χ4v) is 4.25. The lowest BCUT2D eigenvalue weighted by Gasteiger charge is -2.30. The van der Waals surface area contributed by atoms with E-state index in [-0.39, 0.29) is 5.92 Å². The fourth-order valence-electron chi connectivity index (χ4n) is 4.25. The molecule has 174 valence electrons. The average molecular weight is 448 g/mol. The Bertz CT molecular complexity index is 1020. The highest BCUT2D eigenvalue weighted by Gasteiger charge is 2.25. The number of hydrogen-bond donors (Lipinski definition) is 0. The largest absolute Gasteiger partial charge is 0.494 e. The lowest BCUT2D eigenvalue weighted by molar-refractivity contribution is -0.124. The highest BCUT2D eigenvalue weighted by molar-refractivity contribution is 5.81. The molecule has 0 unspecified atom stereocenters. The van der Waals surface area contributed by atoms with Crippen LogP contribution in [0.25, 0.3) is 11.5 Å². The summed E-state index contributed by atoms with van der Waals surface area (Å²) in [5.74, 6) is 2.91. The summed E-state index contributed by atoms with van der Waals surface area (Å²) in [6.07, 6.45) is 7.80. The molecule has 1 aromatic carbocycles. The van der Waals surface area contributed by atoms with Crippen LogP contribution >= 0.6 is 0 Å². The molecule has 0 radical (unpaired) electrons. The van der Waals surface area contributed by atoms with Crippen LogP contribution in [0.4, 0.5) is 0 Å². The monoisotopic (exact) mass is 447 g/mol. The summed E-state index contributed by atoms with van der Waals surface area (Å²) in [6, 6.07) is 11.9. The Morgan fingerprint density at radius 3 is 2.67 bits per heavy atom. The standard InChI is InChI=1S/C27H33N3O3/c1-3-17-32-24-9-7-23(8-10-24)27-29-25(20(2)33-27)19-30-15-12-22(13-16-30)26(31)11-6-21-5-4-14-28-18-21/h4-5,7-10,14,18,22H,3,6,11-13,15-17,19H2,1-2H3. The molecule has 1 saturated heterocycles. The van der Waals surface area contributed by atoms with Crippen molar-refractivity contribution in [2.45, 2.75) is 52.5 Å². The van der Waals surface area contributed by atoms with Gasteiger partial charge in [0.15, 0.2) is 0 Å². The Hall–Kier alpha value is -2.99. The Balaban J connectivity index is 1.27. The van der Waals surface area contributed by atoms with Gasteiger partial charge in [-0.3, -0.25) is 14.7 Å². The van der Waals surface area contributed by atoms with Crippen LogP contribution in [-0.4, -0.2) is 40.3 Å². The van der Waals surface area contributed by atoms with Gasteiger partial charge in [-0.15, -0.1) is 0 Å². The van der Waals surface area contributed by atoms with Gasteiger partial charge in [0.2, 0.25) is 5.89 Å². The van der Waals surface area contributed by atoms with E-state index in [1.54, 1.807) is 6.20 Å². The number of rotatable bonds is 10. The quantitative estimate of drug-likeness (QED) is 0.423. The second-order valence-corrected chi connectivity index (χ2v) is 8.77. The third kappa shape index (κ3) is 6.29. The molecule has 0 saturated carbocycles. The van der Waals surface area contributed by atoms with Crippen LogP contribution in [0.5, 0.6) is 5.75 Å². The Morgan fingerprint density at radius 1 is 1.18 bits per heavy atom. The molecule has 0 atom stereocenters. The van der Waals surface area contributed by atoms with Gasteiger partial charge in [-0.2, -0.15) is 0 Å². The molecular formula is C27H33N3O3. The number of pyridine rings is 1. The summed E-state index contributed by atoms with van der Waals surface area (Å²) in [4.78, 5) is 23.9. The predicted molar refractivity (Wildman–Crippen MR) is 128 cm³/mol. The second-order valence-electron chi connectivity index (χ2n) is 8.77. The average Bonchev–Trinajstić information content (AvgIpc) is 3.22. The number of piperidine rings is 1. The van der Waals surface area contributed by atoms with Crippen molar-refractivity contribution in [2.24, 2.45) is 5.92 Å². The molecule has 0 aliphatic carbocycles. The summed E-state index contributed by atoms with van der Waals surface area (Å²) in [5.41, 5.74) is 3.05.